The molecule has 0 radical (unpaired) electrons. The van der Waals surface area contributed by atoms with Gasteiger partial charge in [-0.05, 0) is 49.9 Å². The first-order chi connectivity index (χ1) is 26.9. The van der Waals surface area contributed by atoms with Gasteiger partial charge in [-0.3, -0.25) is 24.4 Å². The number of carboxylic acids is 2. The molecule has 0 saturated carbocycles. The molecule has 57 heavy (non-hydrogen) atoms. The Hall–Kier alpha value is -6.27. The second kappa shape index (κ2) is 19.1. The molecule has 2 atom stereocenters. The maximum Gasteiger partial charge on any atom is 0.333 e. The van der Waals surface area contributed by atoms with Gasteiger partial charge in [0.1, 0.15) is 5.69 Å². The molecular weight excluding hydrogens is 756 g/mol. The van der Waals surface area contributed by atoms with Crippen LogP contribution < -0.4 is 10.6 Å². The van der Waals surface area contributed by atoms with E-state index >= 15 is 0 Å². The Bertz CT molecular complexity index is 2120. The lowest BCUT2D eigenvalue weighted by Crippen LogP contribution is -2.23. The van der Waals surface area contributed by atoms with Crippen molar-refractivity contribution in [3.05, 3.63) is 72.6 Å². The summed E-state index contributed by atoms with van der Waals surface area (Å²) in [5, 5.41) is 28.5. The smallest absolute Gasteiger partial charge is 0.333 e. The van der Waals surface area contributed by atoms with Gasteiger partial charge in [0.25, 0.3) is 0 Å². The van der Waals surface area contributed by atoms with Gasteiger partial charge in [0.05, 0.1) is 35.2 Å². The van der Waals surface area contributed by atoms with E-state index in [0.717, 1.165) is 25.0 Å². The van der Waals surface area contributed by atoms with Gasteiger partial charge in [0.2, 0.25) is 11.8 Å². The minimum absolute atomic E-state index is 0.0579. The summed E-state index contributed by atoms with van der Waals surface area (Å²) >= 11 is 0. The van der Waals surface area contributed by atoms with Crippen LogP contribution in [0.3, 0.4) is 0 Å². The Morgan fingerprint density at radius 2 is 1.26 bits per heavy atom. The molecule has 0 spiro atoms. The summed E-state index contributed by atoms with van der Waals surface area (Å²) in [5.74, 6) is -3.69. The van der Waals surface area contributed by atoms with Gasteiger partial charge in [-0.25, -0.2) is 19.0 Å². The number of nitrogens with zero attached hydrogens (tertiary/aromatic N) is 6. The van der Waals surface area contributed by atoms with E-state index in [1.54, 1.807) is 19.2 Å². The van der Waals surface area contributed by atoms with Crippen molar-refractivity contribution in [1.82, 2.24) is 29.5 Å². The molecular formula is C38H42F4N8O7. The zero-order chi connectivity index (χ0) is 42.0. The van der Waals surface area contributed by atoms with E-state index in [0.29, 0.717) is 51.2 Å². The number of amides is 2. The van der Waals surface area contributed by atoms with E-state index in [4.69, 9.17) is 10.2 Å². The largest absolute Gasteiger partial charge is 0.478 e. The summed E-state index contributed by atoms with van der Waals surface area (Å²) in [6, 6.07) is 6.45. The monoisotopic (exact) mass is 798 g/mol. The maximum atomic E-state index is 13.4. The predicted molar refractivity (Wildman–Crippen MR) is 198 cm³/mol. The van der Waals surface area contributed by atoms with Crippen molar-refractivity contribution in [1.29, 1.82) is 0 Å². The van der Waals surface area contributed by atoms with E-state index in [2.05, 4.69) is 44.6 Å². The molecule has 2 aliphatic heterocycles. The number of halogens is 4. The third-order valence-corrected chi connectivity index (χ3v) is 9.27. The fourth-order valence-corrected chi connectivity index (χ4v) is 6.05. The lowest BCUT2D eigenvalue weighted by Gasteiger charge is -2.26. The topological polar surface area (TPSA) is 211 Å². The van der Waals surface area contributed by atoms with E-state index < -0.39 is 25.0 Å². The fraction of sp³-hybridized carbons (Fsp3) is 0.395. The SMILES string of the molecule is C[C@@H]1CCCC(=O)c2cc(ccn2)-c2c(cnn2C(F)F)NC1=O.C[C@@H]1CCCC(C)(C)c2cc(ccn2)-c2c(cnn2C(F)F)NC1=O.O=C(O)/C=C/C(=O)O. The quantitative estimate of drug-likeness (QED) is 0.118. The van der Waals surface area contributed by atoms with Crippen molar-refractivity contribution in [2.24, 2.45) is 11.8 Å². The number of carbonyl (C=O) groups is 5. The van der Waals surface area contributed by atoms with Crippen LogP contribution in [0.25, 0.3) is 22.5 Å². The number of aromatic nitrogens is 6. The molecule has 4 aromatic rings. The molecule has 0 aliphatic carbocycles. The number of alkyl halides is 4. The normalized spacial score (nSPS) is 18.1. The van der Waals surface area contributed by atoms with E-state index in [1.807, 2.05) is 13.0 Å². The summed E-state index contributed by atoms with van der Waals surface area (Å²) in [6.45, 7) is 2.09. The zero-order valence-electron chi connectivity index (χ0n) is 31.5. The molecule has 304 valence electrons. The maximum absolute atomic E-state index is 13.4. The first kappa shape index (κ1) is 43.5. The molecule has 4 bridgehead atoms. The predicted octanol–water partition coefficient (Wildman–Crippen LogP) is 7.37. The standard InChI is InChI=1S/C18H22F2N4O.C16H16F2N4O2.C4H4O4/c1-11-5-4-7-18(2,3)14-9-12(6-8-21-14)15-13(23-16(11)25)10-22-24(15)17(19)20;1-9-3-2-4-13(23)11-7-10(5-6-19-11)14-12(21-15(9)24)8-20-22(14)16(17)18;5-3(6)1-2-4(7)8/h6,8-11,17H,4-5,7H2,1-3H3,(H,23,25);5-9,16H,2-4H2,1H3,(H,21,24);1-2H,(H,5,6)(H,7,8)/b;;2-1+/t11-;9-;/m11./s1. The minimum atomic E-state index is -2.87. The lowest BCUT2D eigenvalue weighted by molar-refractivity contribution is -0.134. The molecule has 0 saturated heterocycles. The van der Waals surface area contributed by atoms with Gasteiger partial charge in [0.15, 0.2) is 5.78 Å². The van der Waals surface area contributed by atoms with E-state index in [-0.39, 0.29) is 64.0 Å². The third-order valence-electron chi connectivity index (χ3n) is 9.27. The van der Waals surface area contributed by atoms with Crippen molar-refractivity contribution in [2.45, 2.75) is 84.7 Å². The molecule has 2 amide bonds. The molecule has 0 aromatic carbocycles. The Labute approximate surface area is 324 Å². The van der Waals surface area contributed by atoms with Crippen LogP contribution in [-0.4, -0.2) is 69.3 Å². The lowest BCUT2D eigenvalue weighted by atomic mass is 9.81. The first-order valence-electron chi connectivity index (χ1n) is 17.8. The molecule has 6 heterocycles. The number of hydrogen-bond acceptors (Lipinski definition) is 9. The number of ketones is 1. The van der Waals surface area contributed by atoms with Crippen LogP contribution in [0, 0.1) is 11.8 Å². The number of carbonyl (C=O) groups excluding carboxylic acids is 3. The van der Waals surface area contributed by atoms with Crippen LogP contribution in [0.5, 0.6) is 0 Å². The Balaban J connectivity index is 0.000000213. The van der Waals surface area contributed by atoms with Crippen molar-refractivity contribution in [3.63, 3.8) is 0 Å². The molecule has 4 N–H and O–H groups in total. The van der Waals surface area contributed by atoms with Crippen LogP contribution in [0.4, 0.5) is 28.9 Å². The number of nitrogens with one attached hydrogen (secondary N) is 2. The highest BCUT2D eigenvalue weighted by Crippen LogP contribution is 2.37. The van der Waals surface area contributed by atoms with Crippen LogP contribution >= 0.6 is 0 Å². The average Bonchev–Trinajstić information content (AvgIpc) is 3.78. The number of fused-ring (bicyclic) bond motifs is 8. The fourth-order valence-electron chi connectivity index (χ4n) is 6.05. The second-order valence-corrected chi connectivity index (χ2v) is 14.0. The van der Waals surface area contributed by atoms with Crippen LogP contribution in [0.1, 0.15) is 95.5 Å². The highest BCUT2D eigenvalue weighted by atomic mass is 19.3. The summed E-state index contributed by atoms with van der Waals surface area (Å²) in [5.41, 5.74) is 2.54. The molecule has 2 aliphatic rings. The summed E-state index contributed by atoms with van der Waals surface area (Å²) in [4.78, 5) is 64.5. The van der Waals surface area contributed by atoms with Gasteiger partial charge >= 0.3 is 25.0 Å². The minimum Gasteiger partial charge on any atom is -0.478 e. The Kier molecular flexibility index (Phi) is 14.5. The van der Waals surface area contributed by atoms with Gasteiger partial charge in [-0.15, -0.1) is 0 Å². The molecule has 0 unspecified atom stereocenters. The highest BCUT2D eigenvalue weighted by molar-refractivity contribution is 5.99. The molecule has 4 aromatic heterocycles. The number of carboxylic acid groups (broad SMARTS) is 2. The van der Waals surface area contributed by atoms with Crippen LogP contribution in [-0.2, 0) is 24.6 Å². The molecule has 0 fully saturated rings. The highest BCUT2D eigenvalue weighted by Gasteiger charge is 2.28. The molecule has 6 rings (SSSR count). The van der Waals surface area contributed by atoms with Crippen molar-refractivity contribution in [2.75, 3.05) is 10.6 Å². The Morgan fingerprint density at radius 1 is 0.789 bits per heavy atom. The van der Waals surface area contributed by atoms with Crippen molar-refractivity contribution in [3.8, 4) is 22.5 Å². The summed E-state index contributed by atoms with van der Waals surface area (Å²) in [7, 11) is 0. The second-order valence-electron chi connectivity index (χ2n) is 14.0. The van der Waals surface area contributed by atoms with Crippen LogP contribution in [0.15, 0.2) is 61.2 Å². The summed E-state index contributed by atoms with van der Waals surface area (Å²) in [6.07, 6.45) is 10.4. The van der Waals surface area contributed by atoms with Crippen LogP contribution in [0.2, 0.25) is 0 Å². The van der Waals surface area contributed by atoms with Gasteiger partial charge in [-0.1, -0.05) is 34.1 Å². The number of pyridine rings is 2. The number of rotatable bonds is 4. The first-order valence-corrected chi connectivity index (χ1v) is 17.8. The zero-order valence-corrected chi connectivity index (χ0v) is 31.5. The Morgan fingerprint density at radius 3 is 1.75 bits per heavy atom. The van der Waals surface area contributed by atoms with Crippen molar-refractivity contribution >= 4 is 40.9 Å². The number of anilines is 2. The molecule has 19 heteroatoms. The molecule has 15 nitrogen and oxygen atoms in total. The van der Waals surface area contributed by atoms with Gasteiger partial charge in [-0.2, -0.15) is 27.8 Å². The van der Waals surface area contributed by atoms with Gasteiger partial charge < -0.3 is 20.8 Å². The average molecular weight is 799 g/mol. The van der Waals surface area contributed by atoms with Gasteiger partial charge in [0, 0.05) is 65.0 Å². The third kappa shape index (κ3) is 11.4. The number of Topliss-reactive ketones (excluding diaryl/α,β-unsaturated/α-hetero) is 1. The van der Waals surface area contributed by atoms with E-state index in [9.17, 15) is 41.5 Å². The van der Waals surface area contributed by atoms with E-state index in [1.165, 1.54) is 30.7 Å². The van der Waals surface area contributed by atoms with Crippen molar-refractivity contribution < 1.29 is 51.7 Å². The number of aliphatic carboxylic acids is 2. The number of hydrogen-bond donors (Lipinski definition) is 4. The summed E-state index contributed by atoms with van der Waals surface area (Å²) < 4.78 is 54.5.